The predicted octanol–water partition coefficient (Wildman–Crippen LogP) is 3.92. The van der Waals surface area contributed by atoms with Gasteiger partial charge in [0.05, 0.1) is 5.60 Å². The van der Waals surface area contributed by atoms with Gasteiger partial charge in [-0.15, -0.1) is 0 Å². The van der Waals surface area contributed by atoms with Crippen LogP contribution in [0.25, 0.3) is 0 Å². The fourth-order valence-corrected chi connectivity index (χ4v) is 4.89. The van der Waals surface area contributed by atoms with Gasteiger partial charge in [-0.05, 0) is 87.3 Å². The van der Waals surface area contributed by atoms with Gasteiger partial charge in [-0.25, -0.2) is 0 Å². The molecule has 3 heterocycles. The fraction of sp³-hybridized carbons (Fsp3) is 0.500. The molecule has 1 aromatic heterocycles. The Morgan fingerprint density at radius 1 is 1.09 bits per heavy atom. The molecule has 2 aromatic rings. The summed E-state index contributed by atoms with van der Waals surface area (Å²) in [5.74, 6) is 0.602. The maximum Gasteiger partial charge on any atom is 0.253 e. The molecule has 1 atom stereocenters. The molecule has 2 aliphatic rings. The molecule has 1 aromatic carbocycles. The Kier molecular flexibility index (Phi) is 6.89. The number of likely N-dealkylation sites (tertiary alicyclic amines) is 1. The van der Waals surface area contributed by atoms with Crippen LogP contribution in [0.5, 0.6) is 0 Å². The van der Waals surface area contributed by atoms with E-state index >= 15 is 0 Å². The third-order valence-electron chi connectivity index (χ3n) is 7.09. The van der Waals surface area contributed by atoms with Crippen molar-refractivity contribution in [1.29, 1.82) is 0 Å². The van der Waals surface area contributed by atoms with E-state index in [-0.39, 0.29) is 17.4 Å². The number of carbonyl (C=O) groups excluding carboxylic acids is 2. The van der Waals surface area contributed by atoms with E-state index < -0.39 is 0 Å². The van der Waals surface area contributed by atoms with Gasteiger partial charge in [-0.2, -0.15) is 0 Å². The number of rotatable bonds is 5. The minimum atomic E-state index is -0.127. The third kappa shape index (κ3) is 5.18. The van der Waals surface area contributed by atoms with Crippen molar-refractivity contribution in [1.82, 2.24) is 15.2 Å². The lowest BCUT2D eigenvalue weighted by Gasteiger charge is -2.46. The van der Waals surface area contributed by atoms with E-state index in [1.165, 1.54) is 5.56 Å². The number of aromatic nitrogens is 1. The van der Waals surface area contributed by atoms with Crippen LogP contribution in [0.4, 0.5) is 0 Å². The van der Waals surface area contributed by atoms with Crippen LogP contribution < -0.4 is 5.32 Å². The van der Waals surface area contributed by atoms with E-state index in [1.807, 2.05) is 30.0 Å². The largest absolute Gasteiger partial charge is 0.375 e. The van der Waals surface area contributed by atoms with Crippen molar-refractivity contribution in [3.8, 4) is 0 Å². The topological polar surface area (TPSA) is 71.5 Å². The molecule has 2 aliphatic heterocycles. The van der Waals surface area contributed by atoms with Crippen molar-refractivity contribution >= 4 is 11.8 Å². The first kappa shape index (κ1) is 22.5. The van der Waals surface area contributed by atoms with Crippen LogP contribution in [-0.4, -0.2) is 53.5 Å². The number of carbonyl (C=O) groups is 2. The predicted molar refractivity (Wildman–Crippen MR) is 124 cm³/mol. The fourth-order valence-electron chi connectivity index (χ4n) is 4.89. The van der Waals surface area contributed by atoms with Gasteiger partial charge >= 0.3 is 0 Å². The van der Waals surface area contributed by atoms with Crippen molar-refractivity contribution in [2.45, 2.75) is 51.6 Å². The number of hydrogen-bond acceptors (Lipinski definition) is 4. The zero-order chi connectivity index (χ0) is 22.6. The number of aryl methyl sites for hydroxylation is 2. The van der Waals surface area contributed by atoms with Crippen molar-refractivity contribution in [3.05, 3.63) is 65.0 Å². The monoisotopic (exact) mass is 435 g/mol. The molecule has 0 saturated carbocycles. The van der Waals surface area contributed by atoms with Gasteiger partial charge in [0.1, 0.15) is 0 Å². The normalized spacial score (nSPS) is 20.2. The second kappa shape index (κ2) is 9.82. The third-order valence-corrected chi connectivity index (χ3v) is 7.09. The maximum atomic E-state index is 13.0. The van der Waals surface area contributed by atoms with Crippen LogP contribution in [0.15, 0.2) is 42.7 Å². The maximum absolute atomic E-state index is 13.0. The molecule has 32 heavy (non-hydrogen) atoms. The lowest BCUT2D eigenvalue weighted by Crippen LogP contribution is -2.51. The molecule has 2 amide bonds. The molecule has 2 saturated heterocycles. The summed E-state index contributed by atoms with van der Waals surface area (Å²) >= 11 is 0. The van der Waals surface area contributed by atoms with E-state index in [2.05, 4.69) is 17.2 Å². The Morgan fingerprint density at radius 3 is 2.56 bits per heavy atom. The average molecular weight is 436 g/mol. The molecule has 6 heteroatoms. The summed E-state index contributed by atoms with van der Waals surface area (Å²) in [6.45, 7) is 7.00. The second-order valence-corrected chi connectivity index (χ2v) is 9.26. The number of piperidine rings is 1. The average Bonchev–Trinajstić information content (AvgIpc) is 2.81. The Bertz CT molecular complexity index is 952. The van der Waals surface area contributed by atoms with Gasteiger partial charge in [-0.3, -0.25) is 14.6 Å². The summed E-state index contributed by atoms with van der Waals surface area (Å²) in [7, 11) is 0. The first-order chi connectivity index (χ1) is 15.5. The van der Waals surface area contributed by atoms with E-state index in [0.717, 1.165) is 62.9 Å². The molecule has 0 aliphatic carbocycles. The number of hydrogen-bond donors (Lipinski definition) is 1. The Morgan fingerprint density at radius 2 is 1.84 bits per heavy atom. The molecular weight excluding hydrogens is 402 g/mol. The van der Waals surface area contributed by atoms with Crippen LogP contribution in [0.1, 0.15) is 63.9 Å². The summed E-state index contributed by atoms with van der Waals surface area (Å²) in [4.78, 5) is 31.1. The summed E-state index contributed by atoms with van der Waals surface area (Å²) in [5, 5.41) is 3.03. The Hall–Kier alpha value is -2.73. The van der Waals surface area contributed by atoms with Gasteiger partial charge in [0.2, 0.25) is 0 Å². The lowest BCUT2D eigenvalue weighted by atomic mass is 9.78. The van der Waals surface area contributed by atoms with Crippen molar-refractivity contribution in [2.75, 3.05) is 26.2 Å². The highest BCUT2D eigenvalue weighted by molar-refractivity contribution is 5.94. The van der Waals surface area contributed by atoms with E-state index in [4.69, 9.17) is 4.74 Å². The molecule has 170 valence electrons. The van der Waals surface area contributed by atoms with Gasteiger partial charge in [0.25, 0.3) is 11.8 Å². The summed E-state index contributed by atoms with van der Waals surface area (Å²) < 4.78 is 6.27. The van der Waals surface area contributed by atoms with Crippen LogP contribution in [0.2, 0.25) is 0 Å². The van der Waals surface area contributed by atoms with E-state index in [9.17, 15) is 9.59 Å². The quantitative estimate of drug-likeness (QED) is 0.773. The van der Waals surface area contributed by atoms with Crippen molar-refractivity contribution < 1.29 is 14.3 Å². The van der Waals surface area contributed by atoms with E-state index in [1.54, 1.807) is 24.5 Å². The molecule has 1 spiro atoms. The highest BCUT2D eigenvalue weighted by atomic mass is 16.5. The summed E-state index contributed by atoms with van der Waals surface area (Å²) in [6.07, 6.45) is 8.00. The first-order valence-electron chi connectivity index (χ1n) is 11.6. The molecule has 0 radical (unpaired) electrons. The lowest BCUT2D eigenvalue weighted by molar-refractivity contribution is -0.124. The molecule has 6 nitrogen and oxygen atoms in total. The number of ether oxygens (including phenoxy) is 1. The zero-order valence-corrected chi connectivity index (χ0v) is 19.1. The zero-order valence-electron chi connectivity index (χ0n) is 19.1. The minimum absolute atomic E-state index is 0.0488. The van der Waals surface area contributed by atoms with Crippen LogP contribution in [0.3, 0.4) is 0 Å². The van der Waals surface area contributed by atoms with Crippen molar-refractivity contribution in [2.24, 2.45) is 5.92 Å². The molecule has 1 N–H and O–H groups in total. The molecule has 4 rings (SSSR count). The molecular formula is C26H33N3O3. The SMILES string of the molecule is Cc1ccc(C(=O)N2CCC3(CC2)CC(CCNC(=O)c2ccncc2)CCO3)cc1C. The second-order valence-electron chi connectivity index (χ2n) is 9.26. The van der Waals surface area contributed by atoms with Gasteiger partial charge in [-0.1, -0.05) is 6.07 Å². The van der Waals surface area contributed by atoms with Gasteiger partial charge in [0.15, 0.2) is 0 Å². The molecule has 0 bridgehead atoms. The Balaban J connectivity index is 1.26. The van der Waals surface area contributed by atoms with Gasteiger partial charge < -0.3 is 15.0 Å². The van der Waals surface area contributed by atoms with Crippen LogP contribution in [-0.2, 0) is 4.74 Å². The van der Waals surface area contributed by atoms with E-state index in [0.29, 0.717) is 18.0 Å². The smallest absolute Gasteiger partial charge is 0.253 e. The van der Waals surface area contributed by atoms with Crippen LogP contribution in [0, 0.1) is 19.8 Å². The van der Waals surface area contributed by atoms with Crippen molar-refractivity contribution in [3.63, 3.8) is 0 Å². The number of amides is 2. The van der Waals surface area contributed by atoms with Gasteiger partial charge in [0, 0.05) is 49.8 Å². The molecule has 1 unspecified atom stereocenters. The number of nitrogens with zero attached hydrogens (tertiary/aromatic N) is 2. The highest BCUT2D eigenvalue weighted by Crippen LogP contribution is 2.39. The first-order valence-corrected chi connectivity index (χ1v) is 11.6. The summed E-state index contributed by atoms with van der Waals surface area (Å²) in [5.41, 5.74) is 3.65. The number of pyridine rings is 1. The molecule has 2 fully saturated rings. The summed E-state index contributed by atoms with van der Waals surface area (Å²) in [6, 6.07) is 9.41. The number of benzene rings is 1. The Labute approximate surface area is 190 Å². The minimum Gasteiger partial charge on any atom is -0.375 e. The van der Waals surface area contributed by atoms with Crippen LogP contribution >= 0.6 is 0 Å². The highest BCUT2D eigenvalue weighted by Gasteiger charge is 2.41. The number of nitrogens with one attached hydrogen (secondary N) is 1. The standard InChI is InChI=1S/C26H33N3O3/c1-19-3-4-23(17-20(19)2)25(31)29-14-9-26(10-15-29)18-21(8-16-32-26)5-13-28-24(30)22-6-11-27-12-7-22/h3-4,6-7,11-12,17,21H,5,8-10,13-16,18H2,1-2H3,(H,28,30).